The molecule has 4 nitrogen and oxygen atoms in total. The van der Waals surface area contributed by atoms with Gasteiger partial charge in [-0.15, -0.1) is 0 Å². The van der Waals surface area contributed by atoms with Crippen LogP contribution < -0.4 is 0 Å². The molecule has 6 heteroatoms. The molecule has 0 aromatic heterocycles. The van der Waals surface area contributed by atoms with Crippen LogP contribution in [0.2, 0.25) is 10.0 Å². The molecular weight excluding hydrogens is 301 g/mol. The Kier molecular flexibility index (Phi) is 4.89. The van der Waals surface area contributed by atoms with E-state index in [1.807, 2.05) is 0 Å². The van der Waals surface area contributed by atoms with Crippen LogP contribution in [0.15, 0.2) is 18.2 Å². The van der Waals surface area contributed by atoms with Gasteiger partial charge in [-0.2, -0.15) is 0 Å². The lowest BCUT2D eigenvalue weighted by Gasteiger charge is -2.32. The maximum absolute atomic E-state index is 12.4. The molecule has 0 bridgehead atoms. The summed E-state index contributed by atoms with van der Waals surface area (Å²) in [6.45, 7) is 1.08. The number of hydrogen-bond donors (Lipinski definition) is 1. The monoisotopic (exact) mass is 315 g/mol. The Morgan fingerprint density at radius 3 is 2.80 bits per heavy atom. The van der Waals surface area contributed by atoms with Crippen LogP contribution in [0.1, 0.15) is 29.6 Å². The Hall–Kier alpha value is -1.26. The van der Waals surface area contributed by atoms with Gasteiger partial charge in [0.25, 0.3) is 5.91 Å². The third-order valence-electron chi connectivity index (χ3n) is 3.43. The van der Waals surface area contributed by atoms with E-state index in [0.717, 1.165) is 12.8 Å². The Labute approximate surface area is 127 Å². The molecule has 1 saturated heterocycles. The van der Waals surface area contributed by atoms with Crippen LogP contribution in [0, 0.1) is 5.92 Å². The molecule has 1 aliphatic heterocycles. The molecule has 0 radical (unpaired) electrons. The van der Waals surface area contributed by atoms with Gasteiger partial charge in [-0.05, 0) is 37.0 Å². The number of carbonyl (C=O) groups is 2. The van der Waals surface area contributed by atoms with Crippen molar-refractivity contribution in [3.05, 3.63) is 33.8 Å². The average molecular weight is 316 g/mol. The van der Waals surface area contributed by atoms with Crippen LogP contribution in [0.5, 0.6) is 0 Å². The molecule has 20 heavy (non-hydrogen) atoms. The molecule has 1 aromatic carbocycles. The first-order valence-electron chi connectivity index (χ1n) is 6.43. The SMILES string of the molecule is O=C(O)CC1CCCN(C(=O)c2cc(Cl)ccc2Cl)C1. The number of carboxylic acid groups (broad SMARTS) is 1. The second-order valence-corrected chi connectivity index (χ2v) is 5.83. The van der Waals surface area contributed by atoms with Gasteiger partial charge in [-0.25, -0.2) is 0 Å². The van der Waals surface area contributed by atoms with E-state index in [4.69, 9.17) is 28.3 Å². The van der Waals surface area contributed by atoms with Crippen molar-refractivity contribution in [1.29, 1.82) is 0 Å². The largest absolute Gasteiger partial charge is 0.481 e. The van der Waals surface area contributed by atoms with Crippen molar-refractivity contribution >= 4 is 35.1 Å². The van der Waals surface area contributed by atoms with Gasteiger partial charge in [-0.3, -0.25) is 9.59 Å². The van der Waals surface area contributed by atoms with Crippen LogP contribution in [0.25, 0.3) is 0 Å². The minimum atomic E-state index is -0.829. The predicted molar refractivity (Wildman–Crippen MR) is 77.3 cm³/mol. The van der Waals surface area contributed by atoms with E-state index >= 15 is 0 Å². The van der Waals surface area contributed by atoms with Gasteiger partial charge in [0.05, 0.1) is 10.6 Å². The van der Waals surface area contributed by atoms with Crippen molar-refractivity contribution in [1.82, 2.24) is 4.90 Å². The van der Waals surface area contributed by atoms with Crippen molar-refractivity contribution < 1.29 is 14.7 Å². The lowest BCUT2D eigenvalue weighted by atomic mass is 9.94. The maximum atomic E-state index is 12.4. The Morgan fingerprint density at radius 2 is 2.10 bits per heavy atom. The molecule has 1 atom stereocenters. The number of aliphatic carboxylic acids is 1. The van der Waals surface area contributed by atoms with Crippen LogP contribution in [0.3, 0.4) is 0 Å². The fourth-order valence-corrected chi connectivity index (χ4v) is 2.87. The topological polar surface area (TPSA) is 57.6 Å². The molecule has 0 spiro atoms. The summed E-state index contributed by atoms with van der Waals surface area (Å²) in [5.74, 6) is -1.01. The standard InChI is InChI=1S/C14H15Cl2NO3/c15-10-3-4-12(16)11(7-10)14(20)17-5-1-2-9(8-17)6-13(18)19/h3-4,7,9H,1-2,5-6,8H2,(H,18,19). The minimum absolute atomic E-state index is 0.00293. The van der Waals surface area contributed by atoms with E-state index in [-0.39, 0.29) is 18.2 Å². The summed E-state index contributed by atoms with van der Waals surface area (Å²) in [7, 11) is 0. The first-order chi connectivity index (χ1) is 9.47. The second-order valence-electron chi connectivity index (χ2n) is 4.98. The number of halogens is 2. The smallest absolute Gasteiger partial charge is 0.303 e. The van der Waals surface area contributed by atoms with Gasteiger partial charge in [0.2, 0.25) is 0 Å². The van der Waals surface area contributed by atoms with Gasteiger partial charge >= 0.3 is 5.97 Å². The van der Waals surface area contributed by atoms with Gasteiger partial charge in [0.15, 0.2) is 0 Å². The lowest BCUT2D eigenvalue weighted by molar-refractivity contribution is -0.138. The van der Waals surface area contributed by atoms with E-state index in [0.29, 0.717) is 28.7 Å². The number of carboxylic acids is 1. The highest BCUT2D eigenvalue weighted by molar-refractivity contribution is 6.35. The average Bonchev–Trinajstić information content (AvgIpc) is 2.40. The molecule has 2 rings (SSSR count). The zero-order valence-electron chi connectivity index (χ0n) is 10.8. The van der Waals surface area contributed by atoms with E-state index in [2.05, 4.69) is 0 Å². The number of piperidine rings is 1. The lowest BCUT2D eigenvalue weighted by Crippen LogP contribution is -2.40. The molecule has 1 fully saturated rings. The zero-order valence-corrected chi connectivity index (χ0v) is 12.3. The molecule has 1 N–H and O–H groups in total. The van der Waals surface area contributed by atoms with Crippen LogP contribution in [-0.2, 0) is 4.79 Å². The fourth-order valence-electron chi connectivity index (χ4n) is 2.49. The highest BCUT2D eigenvalue weighted by Gasteiger charge is 2.27. The number of nitrogens with zero attached hydrogens (tertiary/aromatic N) is 1. The summed E-state index contributed by atoms with van der Waals surface area (Å²) in [4.78, 5) is 24.9. The number of benzene rings is 1. The number of amides is 1. The highest BCUT2D eigenvalue weighted by atomic mass is 35.5. The molecule has 0 aliphatic carbocycles. The van der Waals surface area contributed by atoms with Crippen LogP contribution in [-0.4, -0.2) is 35.0 Å². The van der Waals surface area contributed by atoms with Crippen molar-refractivity contribution in [2.45, 2.75) is 19.3 Å². The third kappa shape index (κ3) is 3.64. The first-order valence-corrected chi connectivity index (χ1v) is 7.19. The fraction of sp³-hybridized carbons (Fsp3) is 0.429. The first kappa shape index (κ1) is 15.1. The Morgan fingerprint density at radius 1 is 1.35 bits per heavy atom. The Bertz CT molecular complexity index is 533. The molecule has 0 saturated carbocycles. The van der Waals surface area contributed by atoms with Crippen LogP contribution in [0.4, 0.5) is 0 Å². The highest BCUT2D eigenvalue weighted by Crippen LogP contribution is 2.25. The molecule has 1 amide bonds. The van der Waals surface area contributed by atoms with Gasteiger partial charge in [-0.1, -0.05) is 23.2 Å². The number of hydrogen-bond acceptors (Lipinski definition) is 2. The molecule has 1 aliphatic rings. The molecule has 1 aromatic rings. The summed E-state index contributed by atoms with van der Waals surface area (Å²) in [5.41, 5.74) is 0.371. The Balaban J connectivity index is 2.12. The summed E-state index contributed by atoms with van der Waals surface area (Å²) in [5, 5.41) is 9.66. The van der Waals surface area contributed by atoms with E-state index in [9.17, 15) is 9.59 Å². The second kappa shape index (κ2) is 6.46. The van der Waals surface area contributed by atoms with E-state index in [1.54, 1.807) is 23.1 Å². The van der Waals surface area contributed by atoms with Crippen molar-refractivity contribution in [3.8, 4) is 0 Å². The molecule has 108 valence electrons. The molecule has 1 heterocycles. The van der Waals surface area contributed by atoms with Gasteiger partial charge in [0, 0.05) is 24.5 Å². The van der Waals surface area contributed by atoms with Crippen LogP contribution >= 0.6 is 23.2 Å². The quantitative estimate of drug-likeness (QED) is 0.930. The molecule has 1 unspecified atom stereocenters. The summed E-state index contributed by atoms with van der Waals surface area (Å²) in [6, 6.07) is 4.77. The van der Waals surface area contributed by atoms with Gasteiger partial charge < -0.3 is 10.0 Å². The number of likely N-dealkylation sites (tertiary alicyclic amines) is 1. The summed E-state index contributed by atoms with van der Waals surface area (Å²) in [6.07, 6.45) is 1.73. The predicted octanol–water partition coefficient (Wildman–Crippen LogP) is 3.32. The summed E-state index contributed by atoms with van der Waals surface area (Å²) < 4.78 is 0. The van der Waals surface area contributed by atoms with Crippen molar-refractivity contribution in [3.63, 3.8) is 0 Å². The number of carbonyl (C=O) groups excluding carboxylic acids is 1. The minimum Gasteiger partial charge on any atom is -0.481 e. The zero-order chi connectivity index (χ0) is 14.7. The van der Waals surface area contributed by atoms with Gasteiger partial charge in [0.1, 0.15) is 0 Å². The van der Waals surface area contributed by atoms with Crippen molar-refractivity contribution in [2.24, 2.45) is 5.92 Å². The normalized spacial score (nSPS) is 18.9. The number of rotatable bonds is 3. The third-order valence-corrected chi connectivity index (χ3v) is 3.99. The van der Waals surface area contributed by atoms with E-state index < -0.39 is 5.97 Å². The summed E-state index contributed by atoms with van der Waals surface area (Å²) >= 11 is 11.9. The van der Waals surface area contributed by atoms with Crippen molar-refractivity contribution in [2.75, 3.05) is 13.1 Å². The molecular formula is C14H15Cl2NO3. The van der Waals surface area contributed by atoms with E-state index in [1.165, 1.54) is 0 Å². The maximum Gasteiger partial charge on any atom is 0.303 e.